The minimum atomic E-state index is -1.17. The van der Waals surface area contributed by atoms with Gasteiger partial charge in [-0.1, -0.05) is 29.8 Å². The summed E-state index contributed by atoms with van der Waals surface area (Å²) in [7, 11) is 0. The first kappa shape index (κ1) is 15.0. The van der Waals surface area contributed by atoms with E-state index in [9.17, 15) is 9.90 Å². The fourth-order valence-corrected chi connectivity index (χ4v) is 3.13. The molecule has 0 bridgehead atoms. The molecule has 5 heteroatoms. The smallest absolute Gasteiger partial charge is 0.256 e. The predicted molar refractivity (Wildman–Crippen MR) is 84.3 cm³/mol. The topological polar surface area (TPSA) is 53.4 Å². The Labute approximate surface area is 134 Å². The highest BCUT2D eigenvalue weighted by atomic mass is 35.5. The van der Waals surface area contributed by atoms with Crippen LogP contribution < -0.4 is 0 Å². The van der Waals surface area contributed by atoms with Gasteiger partial charge in [0.1, 0.15) is 0 Å². The average molecular weight is 317 g/mol. The molecular weight excluding hydrogens is 300 g/mol. The van der Waals surface area contributed by atoms with Gasteiger partial charge < -0.3 is 10.0 Å². The van der Waals surface area contributed by atoms with E-state index in [2.05, 4.69) is 4.98 Å². The molecule has 114 valence electrons. The maximum atomic E-state index is 12.6. The van der Waals surface area contributed by atoms with E-state index < -0.39 is 6.10 Å². The van der Waals surface area contributed by atoms with Crippen LogP contribution in [0.25, 0.3) is 0 Å². The van der Waals surface area contributed by atoms with Crippen molar-refractivity contribution in [1.82, 2.24) is 9.88 Å². The lowest BCUT2D eigenvalue weighted by Gasteiger charge is -2.27. The van der Waals surface area contributed by atoms with Crippen molar-refractivity contribution in [1.29, 1.82) is 0 Å². The van der Waals surface area contributed by atoms with Crippen LogP contribution in [0.5, 0.6) is 0 Å². The molecule has 0 saturated carbocycles. The van der Waals surface area contributed by atoms with Crippen LogP contribution in [0.2, 0.25) is 5.02 Å². The summed E-state index contributed by atoms with van der Waals surface area (Å²) < 4.78 is 0. The molecule has 1 saturated heterocycles. The van der Waals surface area contributed by atoms with E-state index in [1.807, 2.05) is 24.3 Å². The molecule has 2 unspecified atom stereocenters. The molecule has 0 radical (unpaired) electrons. The van der Waals surface area contributed by atoms with Gasteiger partial charge in [-0.05, 0) is 36.6 Å². The van der Waals surface area contributed by atoms with Crippen molar-refractivity contribution in [3.05, 3.63) is 64.9 Å². The lowest BCUT2D eigenvalue weighted by Crippen LogP contribution is -2.34. The summed E-state index contributed by atoms with van der Waals surface area (Å²) in [6.07, 6.45) is 3.76. The summed E-state index contributed by atoms with van der Waals surface area (Å²) in [4.78, 5) is 18.3. The maximum Gasteiger partial charge on any atom is 0.256 e. The van der Waals surface area contributed by atoms with Crippen LogP contribution in [0.1, 0.15) is 36.1 Å². The van der Waals surface area contributed by atoms with E-state index in [1.165, 1.54) is 6.20 Å². The van der Waals surface area contributed by atoms with Crippen molar-refractivity contribution in [3.8, 4) is 0 Å². The monoisotopic (exact) mass is 316 g/mol. The van der Waals surface area contributed by atoms with Crippen molar-refractivity contribution >= 4 is 17.5 Å². The summed E-state index contributed by atoms with van der Waals surface area (Å²) >= 11 is 6.05. The van der Waals surface area contributed by atoms with Crippen LogP contribution in [0.3, 0.4) is 0 Å². The Balaban J connectivity index is 1.82. The van der Waals surface area contributed by atoms with Crippen molar-refractivity contribution in [2.45, 2.75) is 25.0 Å². The zero-order chi connectivity index (χ0) is 15.5. The maximum absolute atomic E-state index is 12.6. The molecule has 1 aliphatic heterocycles. The third-order valence-corrected chi connectivity index (χ3v) is 4.24. The van der Waals surface area contributed by atoms with E-state index in [1.54, 1.807) is 23.2 Å². The fraction of sp³-hybridized carbons (Fsp3) is 0.294. The molecule has 2 atom stereocenters. The lowest BCUT2D eigenvalue weighted by atomic mass is 10.0. The summed E-state index contributed by atoms with van der Waals surface area (Å²) in [5.74, 6) is -0.282. The zero-order valence-electron chi connectivity index (χ0n) is 12.0. The van der Waals surface area contributed by atoms with Gasteiger partial charge in [-0.15, -0.1) is 0 Å². The summed E-state index contributed by atoms with van der Waals surface area (Å²) in [6, 6.07) is 10.9. The van der Waals surface area contributed by atoms with Gasteiger partial charge in [-0.25, -0.2) is 0 Å². The van der Waals surface area contributed by atoms with Crippen molar-refractivity contribution in [3.63, 3.8) is 0 Å². The molecule has 1 aromatic heterocycles. The molecule has 1 amide bonds. The number of aromatic nitrogens is 1. The number of likely N-dealkylation sites (tertiary alicyclic amines) is 1. The van der Waals surface area contributed by atoms with Crippen molar-refractivity contribution in [2.75, 3.05) is 6.54 Å². The van der Waals surface area contributed by atoms with Crippen LogP contribution in [0.4, 0.5) is 0 Å². The number of pyridine rings is 1. The van der Waals surface area contributed by atoms with Crippen molar-refractivity contribution in [2.24, 2.45) is 0 Å². The molecule has 1 N–H and O–H groups in total. The highest BCUT2D eigenvalue weighted by molar-refractivity contribution is 6.30. The molecule has 1 aliphatic rings. The van der Waals surface area contributed by atoms with Crippen LogP contribution in [0.15, 0.2) is 48.8 Å². The minimum Gasteiger partial charge on any atom is -0.378 e. The van der Waals surface area contributed by atoms with E-state index in [4.69, 9.17) is 11.6 Å². The Morgan fingerprint density at radius 2 is 2.23 bits per heavy atom. The van der Waals surface area contributed by atoms with Crippen LogP contribution in [-0.4, -0.2) is 27.4 Å². The first-order valence-electron chi connectivity index (χ1n) is 7.31. The molecule has 1 aromatic carbocycles. The first-order chi connectivity index (χ1) is 10.7. The highest BCUT2D eigenvalue weighted by Crippen LogP contribution is 2.34. The number of aliphatic hydroxyl groups excluding tert-OH is 1. The van der Waals surface area contributed by atoms with Gasteiger partial charge in [0.2, 0.25) is 0 Å². The third-order valence-electron chi connectivity index (χ3n) is 4.00. The van der Waals surface area contributed by atoms with E-state index >= 15 is 0 Å². The summed E-state index contributed by atoms with van der Waals surface area (Å²) in [5.41, 5.74) is 1.53. The molecule has 0 aliphatic carbocycles. The van der Waals surface area contributed by atoms with Gasteiger partial charge in [-0.3, -0.25) is 9.78 Å². The van der Waals surface area contributed by atoms with Gasteiger partial charge in [0.05, 0.1) is 6.04 Å². The second kappa shape index (κ2) is 6.46. The second-order valence-corrected chi connectivity index (χ2v) is 5.87. The first-order valence-corrected chi connectivity index (χ1v) is 7.68. The largest absolute Gasteiger partial charge is 0.378 e. The molecule has 4 nitrogen and oxygen atoms in total. The van der Waals surface area contributed by atoms with Crippen LogP contribution in [-0.2, 0) is 4.79 Å². The zero-order valence-corrected chi connectivity index (χ0v) is 12.8. The fourth-order valence-electron chi connectivity index (χ4n) is 2.93. The number of carbonyl (C=O) groups excluding carboxylic acids is 1. The highest BCUT2D eigenvalue weighted by Gasteiger charge is 2.33. The SMILES string of the molecule is O=C(C(O)c1cccnc1)N1CCCC1c1cccc(Cl)c1. The molecule has 0 spiro atoms. The van der Waals surface area contributed by atoms with Crippen LogP contribution >= 0.6 is 11.6 Å². The summed E-state index contributed by atoms with van der Waals surface area (Å²) in [5, 5.41) is 11.0. The number of carbonyl (C=O) groups is 1. The average Bonchev–Trinajstić information content (AvgIpc) is 3.04. The Morgan fingerprint density at radius 1 is 1.36 bits per heavy atom. The van der Waals surface area contributed by atoms with Gasteiger partial charge in [0.25, 0.3) is 5.91 Å². The number of aliphatic hydroxyl groups is 1. The van der Waals surface area contributed by atoms with E-state index in [0.717, 1.165) is 18.4 Å². The van der Waals surface area contributed by atoms with Gasteiger partial charge in [-0.2, -0.15) is 0 Å². The summed E-state index contributed by atoms with van der Waals surface area (Å²) in [6.45, 7) is 0.646. The Morgan fingerprint density at radius 3 is 2.95 bits per heavy atom. The minimum absolute atomic E-state index is 0.0301. The lowest BCUT2D eigenvalue weighted by molar-refractivity contribution is -0.141. The molecule has 3 rings (SSSR count). The second-order valence-electron chi connectivity index (χ2n) is 5.43. The van der Waals surface area contributed by atoms with Gasteiger partial charge >= 0.3 is 0 Å². The standard InChI is InChI=1S/C17H17ClN2O2/c18-14-6-1-4-12(10-14)15-7-3-9-20(15)17(22)16(21)13-5-2-8-19-11-13/h1-2,4-6,8,10-11,15-16,21H,3,7,9H2. The number of rotatable bonds is 3. The Bertz CT molecular complexity index is 663. The number of benzene rings is 1. The molecule has 22 heavy (non-hydrogen) atoms. The van der Waals surface area contributed by atoms with E-state index in [-0.39, 0.29) is 11.9 Å². The number of hydrogen-bond donors (Lipinski definition) is 1. The van der Waals surface area contributed by atoms with Crippen LogP contribution in [0, 0.1) is 0 Å². The quantitative estimate of drug-likeness (QED) is 0.946. The van der Waals surface area contributed by atoms with Crippen molar-refractivity contribution < 1.29 is 9.90 Å². The number of nitrogens with zero attached hydrogens (tertiary/aromatic N) is 2. The normalized spacial score (nSPS) is 19.2. The molecule has 2 heterocycles. The van der Waals surface area contributed by atoms with Gasteiger partial charge in [0, 0.05) is 29.5 Å². The number of halogens is 1. The molecule has 1 fully saturated rings. The van der Waals surface area contributed by atoms with E-state index in [0.29, 0.717) is 17.1 Å². The number of amides is 1. The van der Waals surface area contributed by atoms with Gasteiger partial charge in [0.15, 0.2) is 6.10 Å². The third kappa shape index (κ3) is 2.98. The molecular formula is C17H17ClN2O2. The number of hydrogen-bond acceptors (Lipinski definition) is 3. The Hall–Kier alpha value is -1.91. The Kier molecular flexibility index (Phi) is 4.41. The molecule has 2 aromatic rings. The predicted octanol–water partition coefficient (Wildman–Crippen LogP) is 3.13.